The number of hydrogen-bond acceptors (Lipinski definition) is 1. The lowest BCUT2D eigenvalue weighted by atomic mass is 10.0. The van der Waals surface area contributed by atoms with Gasteiger partial charge in [0.2, 0.25) is 0 Å². The highest BCUT2D eigenvalue weighted by atomic mass is 35.5. The summed E-state index contributed by atoms with van der Waals surface area (Å²) in [6, 6.07) is 20.9. The molecule has 0 unspecified atom stereocenters. The van der Waals surface area contributed by atoms with Crippen LogP contribution in [-0.2, 0) is 13.1 Å². The Kier molecular flexibility index (Phi) is 4.85. The number of halogens is 2. The quantitative estimate of drug-likeness (QED) is 0.566. The summed E-state index contributed by atoms with van der Waals surface area (Å²) < 4.78 is 2.36. The van der Waals surface area contributed by atoms with Gasteiger partial charge in [0.05, 0.1) is 6.04 Å². The minimum atomic E-state index is 0.190. The van der Waals surface area contributed by atoms with Gasteiger partial charge in [-0.2, -0.15) is 0 Å². The molecule has 1 atom stereocenters. The van der Waals surface area contributed by atoms with Gasteiger partial charge in [0.25, 0.3) is 0 Å². The highest BCUT2D eigenvalue weighted by Crippen LogP contribution is 2.34. The monoisotopic (exact) mass is 370 g/mol. The molecule has 0 fully saturated rings. The average molecular weight is 371 g/mol. The first kappa shape index (κ1) is 16.7. The molecule has 0 radical (unpaired) electrons. The Hall–Kier alpha value is -1.74. The predicted molar refractivity (Wildman–Crippen MR) is 104 cm³/mol. The van der Waals surface area contributed by atoms with E-state index in [0.29, 0.717) is 0 Å². The SMILES string of the molecule is Clc1cccc(CN2CCCn3cccc3[C@H]2c2cccc(Cl)c2)c1. The molecule has 0 N–H and O–H groups in total. The van der Waals surface area contributed by atoms with Crippen molar-refractivity contribution in [3.05, 3.63) is 93.7 Å². The molecular formula is C21H20Cl2N2. The van der Waals surface area contributed by atoms with Gasteiger partial charge in [-0.05, 0) is 53.9 Å². The molecule has 4 rings (SSSR count). The summed E-state index contributed by atoms with van der Waals surface area (Å²) in [5, 5.41) is 1.57. The zero-order valence-electron chi connectivity index (χ0n) is 13.9. The highest BCUT2D eigenvalue weighted by Gasteiger charge is 2.27. The maximum Gasteiger partial charge on any atom is 0.0759 e. The van der Waals surface area contributed by atoms with Crippen LogP contribution < -0.4 is 0 Å². The van der Waals surface area contributed by atoms with E-state index in [0.717, 1.165) is 36.1 Å². The number of fused-ring (bicyclic) bond motifs is 1. The predicted octanol–water partition coefficient (Wildman–Crippen LogP) is 5.79. The first-order valence-corrected chi connectivity index (χ1v) is 9.35. The number of aromatic nitrogens is 1. The fraction of sp³-hybridized carbons (Fsp3) is 0.238. The number of nitrogens with zero attached hydrogens (tertiary/aromatic N) is 2. The summed E-state index contributed by atoms with van der Waals surface area (Å²) in [6.07, 6.45) is 3.30. The highest BCUT2D eigenvalue weighted by molar-refractivity contribution is 6.30. The lowest BCUT2D eigenvalue weighted by Gasteiger charge is -2.31. The van der Waals surface area contributed by atoms with Crippen molar-refractivity contribution in [2.45, 2.75) is 25.6 Å². The van der Waals surface area contributed by atoms with Crippen LogP contribution in [0.15, 0.2) is 66.9 Å². The Morgan fingerprint density at radius 2 is 1.68 bits per heavy atom. The van der Waals surface area contributed by atoms with E-state index in [2.05, 4.69) is 52.1 Å². The molecule has 1 aliphatic rings. The van der Waals surface area contributed by atoms with Gasteiger partial charge < -0.3 is 4.57 Å². The smallest absolute Gasteiger partial charge is 0.0759 e. The maximum atomic E-state index is 6.29. The number of rotatable bonds is 3. The second kappa shape index (κ2) is 7.25. The molecule has 0 saturated carbocycles. The summed E-state index contributed by atoms with van der Waals surface area (Å²) in [7, 11) is 0. The molecule has 2 heterocycles. The van der Waals surface area contributed by atoms with Crippen molar-refractivity contribution in [1.82, 2.24) is 9.47 Å². The summed E-state index contributed by atoms with van der Waals surface area (Å²) in [4.78, 5) is 2.52. The van der Waals surface area contributed by atoms with Gasteiger partial charge in [0.15, 0.2) is 0 Å². The zero-order valence-corrected chi connectivity index (χ0v) is 15.4. The molecule has 1 aromatic heterocycles. The molecule has 25 heavy (non-hydrogen) atoms. The van der Waals surface area contributed by atoms with Crippen molar-refractivity contribution in [3.63, 3.8) is 0 Å². The largest absolute Gasteiger partial charge is 0.350 e. The van der Waals surface area contributed by atoms with Crippen LogP contribution >= 0.6 is 23.2 Å². The molecule has 3 aromatic rings. The van der Waals surface area contributed by atoms with Crippen LogP contribution in [0.3, 0.4) is 0 Å². The van der Waals surface area contributed by atoms with E-state index < -0.39 is 0 Å². The van der Waals surface area contributed by atoms with Crippen LogP contribution in [0.25, 0.3) is 0 Å². The van der Waals surface area contributed by atoms with Crippen molar-refractivity contribution in [2.24, 2.45) is 0 Å². The zero-order chi connectivity index (χ0) is 17.2. The number of hydrogen-bond donors (Lipinski definition) is 0. The molecule has 0 amide bonds. The van der Waals surface area contributed by atoms with Gasteiger partial charge in [-0.25, -0.2) is 0 Å². The van der Waals surface area contributed by atoms with E-state index in [-0.39, 0.29) is 6.04 Å². The molecule has 2 nitrogen and oxygen atoms in total. The van der Waals surface area contributed by atoms with E-state index in [1.54, 1.807) is 0 Å². The van der Waals surface area contributed by atoms with Crippen molar-refractivity contribution in [1.29, 1.82) is 0 Å². The van der Waals surface area contributed by atoms with Gasteiger partial charge in [0.1, 0.15) is 0 Å². The fourth-order valence-corrected chi connectivity index (χ4v) is 4.15. The summed E-state index contributed by atoms with van der Waals surface area (Å²) in [5.74, 6) is 0. The molecule has 0 bridgehead atoms. The maximum absolute atomic E-state index is 6.29. The molecule has 128 valence electrons. The van der Waals surface area contributed by atoms with Gasteiger partial charge in [0, 0.05) is 41.6 Å². The van der Waals surface area contributed by atoms with Gasteiger partial charge in [-0.3, -0.25) is 4.90 Å². The fourth-order valence-electron chi connectivity index (χ4n) is 3.74. The van der Waals surface area contributed by atoms with E-state index in [1.165, 1.54) is 16.8 Å². The summed E-state index contributed by atoms with van der Waals surface area (Å²) in [6.45, 7) is 2.94. The second-order valence-corrected chi connectivity index (χ2v) is 7.41. The molecule has 1 aliphatic heterocycles. The Balaban J connectivity index is 1.75. The normalized spacial score (nSPS) is 17.9. The van der Waals surface area contributed by atoms with Crippen molar-refractivity contribution < 1.29 is 0 Å². The second-order valence-electron chi connectivity index (χ2n) is 6.54. The molecule has 2 aromatic carbocycles. The third-order valence-electron chi connectivity index (χ3n) is 4.79. The molecule has 0 saturated heterocycles. The molecule has 0 aliphatic carbocycles. The molecule has 0 spiro atoms. The molecule has 4 heteroatoms. The van der Waals surface area contributed by atoms with Crippen LogP contribution in [0.4, 0.5) is 0 Å². The average Bonchev–Trinajstić information content (AvgIpc) is 2.96. The van der Waals surface area contributed by atoms with E-state index in [1.807, 2.05) is 24.3 Å². The Bertz CT molecular complexity index is 872. The number of aryl methyl sites for hydroxylation is 1. The Labute approximate surface area is 158 Å². The summed E-state index contributed by atoms with van der Waals surface area (Å²) in [5.41, 5.74) is 3.79. The van der Waals surface area contributed by atoms with Crippen molar-refractivity contribution in [2.75, 3.05) is 6.54 Å². The third-order valence-corrected chi connectivity index (χ3v) is 5.26. The van der Waals surface area contributed by atoms with Crippen LogP contribution in [0, 0.1) is 0 Å². The first-order chi connectivity index (χ1) is 12.2. The Morgan fingerprint density at radius 3 is 2.48 bits per heavy atom. The minimum Gasteiger partial charge on any atom is -0.350 e. The minimum absolute atomic E-state index is 0.190. The van der Waals surface area contributed by atoms with Crippen LogP contribution in [0.1, 0.15) is 29.3 Å². The first-order valence-electron chi connectivity index (χ1n) is 8.60. The standard InChI is InChI=1S/C21H20Cl2N2/c22-18-7-1-5-16(13-18)15-25-12-4-11-24-10-3-9-20(24)21(25)17-6-2-8-19(23)14-17/h1-3,5-10,13-14,21H,4,11-12,15H2/t21-/m1/s1. The van der Waals surface area contributed by atoms with Crippen LogP contribution in [-0.4, -0.2) is 16.0 Å². The van der Waals surface area contributed by atoms with Crippen LogP contribution in [0.2, 0.25) is 10.0 Å². The van der Waals surface area contributed by atoms with Crippen LogP contribution in [0.5, 0.6) is 0 Å². The van der Waals surface area contributed by atoms with Gasteiger partial charge in [-0.15, -0.1) is 0 Å². The third kappa shape index (κ3) is 3.62. The topological polar surface area (TPSA) is 8.17 Å². The van der Waals surface area contributed by atoms with E-state index >= 15 is 0 Å². The van der Waals surface area contributed by atoms with E-state index in [4.69, 9.17) is 23.2 Å². The van der Waals surface area contributed by atoms with Crippen molar-refractivity contribution in [3.8, 4) is 0 Å². The van der Waals surface area contributed by atoms with Gasteiger partial charge >= 0.3 is 0 Å². The summed E-state index contributed by atoms with van der Waals surface area (Å²) >= 11 is 12.5. The lowest BCUT2D eigenvalue weighted by molar-refractivity contribution is 0.220. The van der Waals surface area contributed by atoms with Gasteiger partial charge in [-0.1, -0.05) is 47.5 Å². The lowest BCUT2D eigenvalue weighted by Crippen LogP contribution is -2.29. The number of benzene rings is 2. The van der Waals surface area contributed by atoms with E-state index in [9.17, 15) is 0 Å². The molecular weight excluding hydrogens is 351 g/mol. The van der Waals surface area contributed by atoms with Crippen molar-refractivity contribution >= 4 is 23.2 Å². The Morgan fingerprint density at radius 1 is 0.880 bits per heavy atom.